The lowest BCUT2D eigenvalue weighted by atomic mass is 9.76. The van der Waals surface area contributed by atoms with Gasteiger partial charge in [0.2, 0.25) is 5.88 Å². The van der Waals surface area contributed by atoms with Crippen molar-refractivity contribution in [1.29, 1.82) is 0 Å². The second-order valence-corrected chi connectivity index (χ2v) is 7.57. The van der Waals surface area contributed by atoms with Crippen LogP contribution >= 0.6 is 0 Å². The second-order valence-electron chi connectivity index (χ2n) is 7.57. The molecule has 4 nitrogen and oxygen atoms in total. The molecule has 170 valence electrons. The first-order valence-electron chi connectivity index (χ1n) is 11.0. The normalized spacial score (nSPS) is 11.6. The maximum atomic E-state index is 5.20. The summed E-state index contributed by atoms with van der Waals surface area (Å²) in [5, 5.41) is 0. The van der Waals surface area contributed by atoms with E-state index in [-0.39, 0.29) is 0 Å². The van der Waals surface area contributed by atoms with E-state index in [2.05, 4.69) is 96.2 Å². The number of hydrogen-bond donors (Lipinski definition) is 0. The zero-order chi connectivity index (χ0) is 24.4. The molecule has 0 bridgehead atoms. The quantitative estimate of drug-likeness (QED) is 0.239. The van der Waals surface area contributed by atoms with Gasteiger partial charge in [-0.1, -0.05) is 78.9 Å². The molecule has 0 N–H and O–H groups in total. The third-order valence-corrected chi connectivity index (χ3v) is 5.70. The van der Waals surface area contributed by atoms with E-state index in [1.165, 1.54) is 16.7 Å². The highest BCUT2D eigenvalue weighted by molar-refractivity contribution is 5.59. The lowest BCUT2D eigenvalue weighted by Gasteiger charge is -2.38. The van der Waals surface area contributed by atoms with Crippen molar-refractivity contribution in [3.63, 3.8) is 0 Å². The number of ether oxygens (including phenoxy) is 1. The van der Waals surface area contributed by atoms with Crippen LogP contribution in [0.15, 0.2) is 115 Å². The fraction of sp³-hybridized carbons (Fsp3) is 0.133. The van der Waals surface area contributed by atoms with Gasteiger partial charge in [0.05, 0.1) is 19.1 Å². The van der Waals surface area contributed by atoms with Crippen LogP contribution in [0, 0.1) is 12.8 Å². The van der Waals surface area contributed by atoms with Crippen molar-refractivity contribution in [3.8, 4) is 30.0 Å². The molecule has 0 saturated heterocycles. The molecule has 2 aromatic heterocycles. The van der Waals surface area contributed by atoms with Crippen molar-refractivity contribution in [2.24, 2.45) is 0 Å². The molecule has 2 heterocycles. The van der Waals surface area contributed by atoms with Crippen molar-refractivity contribution < 1.29 is 4.74 Å². The lowest BCUT2D eigenvalue weighted by Crippen LogP contribution is -2.37. The summed E-state index contributed by atoms with van der Waals surface area (Å²) in [7, 11) is 1.62. The Morgan fingerprint density at radius 2 is 1.53 bits per heavy atom. The zero-order valence-corrected chi connectivity index (χ0v) is 19.8. The molecule has 0 fully saturated rings. The van der Waals surface area contributed by atoms with E-state index in [0.717, 1.165) is 11.3 Å². The maximum Gasteiger partial charge on any atom is 0.212 e. The molecular weight excluding hydrogens is 418 g/mol. The number of pyridine rings is 1. The summed E-state index contributed by atoms with van der Waals surface area (Å²) in [6, 6.07) is 25.0. The Morgan fingerprint density at radius 1 is 0.912 bits per heavy atom. The van der Waals surface area contributed by atoms with Crippen molar-refractivity contribution >= 4 is 0 Å². The first-order chi connectivity index (χ1) is 16.7. The molecule has 0 atom stereocenters. The minimum Gasteiger partial charge on any atom is -0.481 e. The van der Waals surface area contributed by atoms with Crippen LogP contribution in [0.1, 0.15) is 25.0 Å². The molecule has 4 rings (SSSR count). The average molecular weight is 448 g/mol. The van der Waals surface area contributed by atoms with Gasteiger partial charge in [-0.25, -0.2) is 9.97 Å². The van der Waals surface area contributed by atoms with E-state index >= 15 is 0 Å². The number of aromatic nitrogens is 3. The van der Waals surface area contributed by atoms with Crippen LogP contribution < -0.4 is 4.74 Å². The molecule has 0 saturated carbocycles. The largest absolute Gasteiger partial charge is 0.481 e. The van der Waals surface area contributed by atoms with Crippen LogP contribution in [0.4, 0.5) is 0 Å². The molecule has 0 unspecified atom stereocenters. The van der Waals surface area contributed by atoms with Gasteiger partial charge in [-0.05, 0) is 36.6 Å². The number of terminal acetylenes is 1. The summed E-state index contributed by atoms with van der Waals surface area (Å²) < 4.78 is 7.40. The van der Waals surface area contributed by atoms with Gasteiger partial charge in [-0.2, -0.15) is 0 Å². The molecule has 2 aromatic carbocycles. The van der Waals surface area contributed by atoms with Crippen molar-refractivity contribution in [2.75, 3.05) is 7.11 Å². The minimum absolute atomic E-state index is 0.548. The van der Waals surface area contributed by atoms with Crippen molar-refractivity contribution in [2.45, 2.75) is 19.4 Å². The maximum absolute atomic E-state index is 5.20. The molecule has 34 heavy (non-hydrogen) atoms. The standard InChI is InChI=1S/C28H27N3O.C2H2/c1-4-5-12-22(2)28(24-13-8-6-9-14-24,25-15-10-7-11-16-25)31-20-26(30-21-31)23-17-18-27(32-3)29-19-23;1-2/h4-21H,1-3H3;1-2H/b5-4-,22-12+;. The Labute approximate surface area is 202 Å². The Bertz CT molecular complexity index is 1210. The number of rotatable bonds is 7. The van der Waals surface area contributed by atoms with Gasteiger partial charge in [0, 0.05) is 24.0 Å². The van der Waals surface area contributed by atoms with Crippen molar-refractivity contribution in [3.05, 3.63) is 126 Å². The molecule has 0 amide bonds. The smallest absolute Gasteiger partial charge is 0.212 e. The zero-order valence-electron chi connectivity index (χ0n) is 19.8. The summed E-state index contributed by atoms with van der Waals surface area (Å²) in [6.07, 6.45) is 20.1. The number of imidazole rings is 1. The molecule has 0 aliphatic rings. The molecule has 0 aliphatic carbocycles. The van der Waals surface area contributed by atoms with E-state index in [0.29, 0.717) is 5.88 Å². The number of allylic oxidation sites excluding steroid dienone is 4. The molecule has 0 radical (unpaired) electrons. The first kappa shape index (κ1) is 24.3. The predicted octanol–water partition coefficient (Wildman–Crippen LogP) is 6.52. The van der Waals surface area contributed by atoms with Crippen LogP contribution in [0.3, 0.4) is 0 Å². The van der Waals surface area contributed by atoms with Crippen LogP contribution in [-0.2, 0) is 5.54 Å². The Kier molecular flexibility index (Phi) is 8.21. The molecule has 4 heteroatoms. The van der Waals surface area contributed by atoms with Gasteiger partial charge < -0.3 is 9.30 Å². The topological polar surface area (TPSA) is 39.9 Å². The highest BCUT2D eigenvalue weighted by atomic mass is 16.5. The van der Waals surface area contributed by atoms with Crippen LogP contribution in [0.5, 0.6) is 5.88 Å². The summed E-state index contributed by atoms with van der Waals surface area (Å²) in [5.74, 6) is 0.584. The van der Waals surface area contributed by atoms with Gasteiger partial charge >= 0.3 is 0 Å². The Morgan fingerprint density at radius 3 is 2.03 bits per heavy atom. The monoisotopic (exact) mass is 447 g/mol. The third-order valence-electron chi connectivity index (χ3n) is 5.70. The summed E-state index contributed by atoms with van der Waals surface area (Å²) in [4.78, 5) is 9.10. The first-order valence-corrected chi connectivity index (χ1v) is 11.0. The average Bonchev–Trinajstić information content (AvgIpc) is 3.41. The van der Waals surface area contributed by atoms with E-state index in [9.17, 15) is 0 Å². The molecule has 0 aliphatic heterocycles. The molecular formula is C30H29N3O. The molecule has 0 spiro atoms. The fourth-order valence-electron chi connectivity index (χ4n) is 4.15. The Balaban J connectivity index is 0.00000158. The van der Waals surface area contributed by atoms with Crippen LogP contribution in [0.2, 0.25) is 0 Å². The third kappa shape index (κ3) is 4.69. The van der Waals surface area contributed by atoms with Crippen LogP contribution in [0.25, 0.3) is 11.3 Å². The fourth-order valence-corrected chi connectivity index (χ4v) is 4.15. The van der Waals surface area contributed by atoms with E-state index in [4.69, 9.17) is 9.72 Å². The van der Waals surface area contributed by atoms with Gasteiger partial charge in [-0.15, -0.1) is 12.8 Å². The number of hydrogen-bond acceptors (Lipinski definition) is 3. The number of benzene rings is 2. The predicted molar refractivity (Wildman–Crippen MR) is 140 cm³/mol. The number of methoxy groups -OCH3 is 1. The van der Waals surface area contributed by atoms with Gasteiger partial charge in [0.15, 0.2) is 0 Å². The summed E-state index contributed by atoms with van der Waals surface area (Å²) in [5.41, 5.74) is 4.77. The van der Waals surface area contributed by atoms with E-state index in [1.807, 2.05) is 43.6 Å². The highest BCUT2D eigenvalue weighted by Crippen LogP contribution is 2.41. The second kappa shape index (κ2) is 11.5. The SMILES string of the molecule is C#C.C/C=C\C=C(/C)C(c1ccccc1)(c1ccccc1)n1cnc(-c2ccc(OC)nc2)c1. The van der Waals surface area contributed by atoms with Gasteiger partial charge in [0.1, 0.15) is 5.54 Å². The van der Waals surface area contributed by atoms with Crippen molar-refractivity contribution in [1.82, 2.24) is 14.5 Å². The van der Waals surface area contributed by atoms with E-state index < -0.39 is 5.54 Å². The lowest BCUT2D eigenvalue weighted by molar-refractivity contribution is 0.398. The minimum atomic E-state index is -0.548. The number of nitrogens with zero attached hydrogens (tertiary/aromatic N) is 3. The molecule has 4 aromatic rings. The van der Waals surface area contributed by atoms with Crippen LogP contribution in [-0.4, -0.2) is 21.6 Å². The highest BCUT2D eigenvalue weighted by Gasteiger charge is 2.38. The van der Waals surface area contributed by atoms with Gasteiger partial charge in [0.25, 0.3) is 0 Å². The van der Waals surface area contributed by atoms with E-state index in [1.54, 1.807) is 13.3 Å². The Hall–Kier alpha value is -4.36. The summed E-state index contributed by atoms with van der Waals surface area (Å²) in [6.45, 7) is 4.21. The van der Waals surface area contributed by atoms with Gasteiger partial charge in [-0.3, -0.25) is 0 Å². The summed E-state index contributed by atoms with van der Waals surface area (Å²) >= 11 is 0.